The van der Waals surface area contributed by atoms with Crippen LogP contribution in [0, 0.1) is 0 Å². The van der Waals surface area contributed by atoms with Gasteiger partial charge in [0.1, 0.15) is 6.10 Å². The predicted octanol–water partition coefficient (Wildman–Crippen LogP) is 13.3. The number of unbranched alkanes of at least 4 members (excludes halogenated alkanes) is 15. The molecule has 4 nitrogen and oxygen atoms in total. The van der Waals surface area contributed by atoms with Crippen LogP contribution in [0.3, 0.4) is 0 Å². The van der Waals surface area contributed by atoms with Crippen LogP contribution in [0.4, 0.5) is 0 Å². The summed E-state index contributed by atoms with van der Waals surface area (Å²) in [5.74, 6) is -0.765. The molecule has 1 atom stereocenters. The molecule has 46 heavy (non-hydrogen) atoms. The summed E-state index contributed by atoms with van der Waals surface area (Å²) in [5, 5.41) is 8.81. The topological polar surface area (TPSA) is 63.6 Å². The molecule has 0 aromatic heterocycles. The van der Waals surface area contributed by atoms with Crippen molar-refractivity contribution in [3.63, 3.8) is 0 Å². The molecule has 0 bridgehead atoms. The van der Waals surface area contributed by atoms with Gasteiger partial charge in [0.2, 0.25) is 0 Å². The minimum Gasteiger partial charge on any atom is -0.481 e. The van der Waals surface area contributed by atoms with Gasteiger partial charge < -0.3 is 9.84 Å². The third-order valence-electron chi connectivity index (χ3n) is 8.22. The van der Waals surface area contributed by atoms with Crippen molar-refractivity contribution >= 4 is 11.9 Å². The van der Waals surface area contributed by atoms with Crippen LogP contribution in [0.25, 0.3) is 0 Å². The molecule has 0 aliphatic heterocycles. The maximum atomic E-state index is 12.6. The molecule has 0 aromatic rings. The molecular weight excluding hydrogens is 568 g/mol. The van der Waals surface area contributed by atoms with Crippen molar-refractivity contribution in [2.45, 2.75) is 193 Å². The lowest BCUT2D eigenvalue weighted by molar-refractivity contribution is -0.150. The number of esters is 1. The van der Waals surface area contributed by atoms with E-state index in [-0.39, 0.29) is 18.5 Å². The van der Waals surface area contributed by atoms with E-state index in [0.717, 1.165) is 103 Å². The molecule has 0 radical (unpaired) electrons. The van der Waals surface area contributed by atoms with E-state index in [0.29, 0.717) is 6.42 Å². The summed E-state index contributed by atoms with van der Waals surface area (Å²) in [5.41, 5.74) is 0. The summed E-state index contributed by atoms with van der Waals surface area (Å²) in [6.45, 7) is 4.42. The van der Waals surface area contributed by atoms with E-state index in [9.17, 15) is 9.59 Å². The van der Waals surface area contributed by atoms with Gasteiger partial charge in [-0.05, 0) is 96.3 Å². The molecule has 0 saturated heterocycles. The Hall–Kier alpha value is -2.36. The molecule has 264 valence electrons. The zero-order chi connectivity index (χ0) is 33.6. The molecule has 0 aliphatic rings. The van der Waals surface area contributed by atoms with Crippen LogP contribution in [0.1, 0.15) is 187 Å². The second kappa shape index (κ2) is 37.1. The molecule has 1 N–H and O–H groups in total. The zero-order valence-electron chi connectivity index (χ0n) is 30.1. The molecule has 0 heterocycles. The van der Waals surface area contributed by atoms with E-state index in [4.69, 9.17) is 9.84 Å². The van der Waals surface area contributed by atoms with Gasteiger partial charge in [-0.25, -0.2) is 0 Å². The first-order chi connectivity index (χ1) is 22.6. The van der Waals surface area contributed by atoms with Crippen LogP contribution in [0.15, 0.2) is 60.8 Å². The van der Waals surface area contributed by atoms with Crippen molar-refractivity contribution < 1.29 is 19.4 Å². The van der Waals surface area contributed by atoms with Crippen molar-refractivity contribution in [2.75, 3.05) is 0 Å². The fraction of sp³-hybridized carbons (Fsp3) is 0.714. The average Bonchev–Trinajstić information content (AvgIpc) is 3.04. The van der Waals surface area contributed by atoms with Gasteiger partial charge in [-0.15, -0.1) is 0 Å². The maximum Gasteiger partial charge on any atom is 0.306 e. The van der Waals surface area contributed by atoms with E-state index in [1.54, 1.807) is 0 Å². The Labute approximate surface area is 284 Å². The highest BCUT2D eigenvalue weighted by Gasteiger charge is 2.14. The largest absolute Gasteiger partial charge is 0.481 e. The summed E-state index contributed by atoms with van der Waals surface area (Å²) in [6.07, 6.45) is 50.9. The lowest BCUT2D eigenvalue weighted by Crippen LogP contribution is -2.18. The van der Waals surface area contributed by atoms with Crippen LogP contribution in [-0.2, 0) is 14.3 Å². The Balaban J connectivity index is 4.20. The minimum atomic E-state index is -0.711. The standard InChI is InChI=1S/C42H72O4/c1-3-5-7-9-11-13-15-17-18-20-22-24-26-31-35-39-42(45)46-40(37-33-29-27-30-34-38-41(43)44)36-32-28-25-23-21-19-16-14-12-10-8-6-4-2/h5,7,11,13,17-18,22-25,40H,3-4,6,8-10,12,14-16,19-21,26-39H2,1-2H3,(H,43,44)/b7-5-,13-11-,18-17-,24-22-,25-23-. The number of rotatable bonds is 34. The van der Waals surface area contributed by atoms with E-state index in [2.05, 4.69) is 74.6 Å². The average molecular weight is 641 g/mol. The Morgan fingerprint density at radius 2 is 0.935 bits per heavy atom. The van der Waals surface area contributed by atoms with Crippen LogP contribution in [-0.4, -0.2) is 23.1 Å². The monoisotopic (exact) mass is 641 g/mol. The number of hydrogen-bond acceptors (Lipinski definition) is 3. The summed E-state index contributed by atoms with van der Waals surface area (Å²) in [7, 11) is 0. The maximum absolute atomic E-state index is 12.6. The molecule has 0 saturated carbocycles. The quantitative estimate of drug-likeness (QED) is 0.0432. The molecule has 1 unspecified atom stereocenters. The number of allylic oxidation sites excluding steroid dienone is 10. The third-order valence-corrected chi connectivity index (χ3v) is 8.22. The van der Waals surface area contributed by atoms with Gasteiger partial charge in [0.25, 0.3) is 0 Å². The first-order valence-electron chi connectivity index (χ1n) is 19.3. The van der Waals surface area contributed by atoms with Gasteiger partial charge >= 0.3 is 11.9 Å². The Morgan fingerprint density at radius 1 is 0.500 bits per heavy atom. The van der Waals surface area contributed by atoms with Crippen LogP contribution < -0.4 is 0 Å². The molecule has 0 amide bonds. The smallest absolute Gasteiger partial charge is 0.306 e. The van der Waals surface area contributed by atoms with Gasteiger partial charge in [0, 0.05) is 12.8 Å². The van der Waals surface area contributed by atoms with Crippen molar-refractivity contribution in [3.8, 4) is 0 Å². The fourth-order valence-corrected chi connectivity index (χ4v) is 5.41. The third kappa shape index (κ3) is 36.1. The summed E-state index contributed by atoms with van der Waals surface area (Å²) in [4.78, 5) is 23.3. The second-order valence-corrected chi connectivity index (χ2v) is 12.7. The number of aliphatic carboxylic acids is 1. The number of carboxylic acid groups (broad SMARTS) is 1. The van der Waals surface area contributed by atoms with Crippen molar-refractivity contribution in [2.24, 2.45) is 0 Å². The Bertz CT molecular complexity index is 820. The molecule has 4 heteroatoms. The SMILES string of the molecule is CC/C=C\C/C=C\C/C=C\C/C=C\CCCCC(=O)OC(CCC/C=C\CCCCCCCCCC)CCCCCCCC(=O)O. The highest BCUT2D eigenvalue weighted by atomic mass is 16.5. The molecule has 0 spiro atoms. The number of ether oxygens (including phenoxy) is 1. The number of carboxylic acids is 1. The zero-order valence-corrected chi connectivity index (χ0v) is 30.1. The summed E-state index contributed by atoms with van der Waals surface area (Å²) in [6, 6.07) is 0. The molecule has 0 aliphatic carbocycles. The minimum absolute atomic E-state index is 0.00182. The summed E-state index contributed by atoms with van der Waals surface area (Å²) < 4.78 is 5.96. The van der Waals surface area contributed by atoms with Crippen molar-refractivity contribution in [3.05, 3.63) is 60.8 Å². The first kappa shape index (κ1) is 43.6. The van der Waals surface area contributed by atoms with E-state index >= 15 is 0 Å². The molecule has 0 aromatic carbocycles. The van der Waals surface area contributed by atoms with Crippen molar-refractivity contribution in [1.82, 2.24) is 0 Å². The highest BCUT2D eigenvalue weighted by Crippen LogP contribution is 2.17. The van der Waals surface area contributed by atoms with Gasteiger partial charge in [0.05, 0.1) is 0 Å². The predicted molar refractivity (Wildman–Crippen MR) is 199 cm³/mol. The van der Waals surface area contributed by atoms with Crippen LogP contribution in [0.5, 0.6) is 0 Å². The Kier molecular flexibility index (Phi) is 35.2. The summed E-state index contributed by atoms with van der Waals surface area (Å²) >= 11 is 0. The first-order valence-corrected chi connectivity index (χ1v) is 19.3. The fourth-order valence-electron chi connectivity index (χ4n) is 5.41. The van der Waals surface area contributed by atoms with Crippen LogP contribution >= 0.6 is 0 Å². The molecule has 0 rings (SSSR count). The molecule has 0 fully saturated rings. The highest BCUT2D eigenvalue weighted by molar-refractivity contribution is 5.69. The Morgan fingerprint density at radius 3 is 1.54 bits per heavy atom. The van der Waals surface area contributed by atoms with Gasteiger partial charge in [-0.1, -0.05) is 139 Å². The van der Waals surface area contributed by atoms with E-state index in [1.807, 2.05) is 0 Å². The normalized spacial score (nSPS) is 12.9. The second-order valence-electron chi connectivity index (χ2n) is 12.7. The number of hydrogen-bond donors (Lipinski definition) is 1. The number of carbonyl (C=O) groups is 2. The van der Waals surface area contributed by atoms with E-state index < -0.39 is 5.97 Å². The molecular formula is C42H72O4. The van der Waals surface area contributed by atoms with Crippen LogP contribution in [0.2, 0.25) is 0 Å². The van der Waals surface area contributed by atoms with Gasteiger partial charge in [0.15, 0.2) is 0 Å². The lowest BCUT2D eigenvalue weighted by atomic mass is 10.0. The van der Waals surface area contributed by atoms with Gasteiger partial charge in [-0.2, -0.15) is 0 Å². The van der Waals surface area contributed by atoms with Gasteiger partial charge in [-0.3, -0.25) is 9.59 Å². The lowest BCUT2D eigenvalue weighted by Gasteiger charge is -2.18. The van der Waals surface area contributed by atoms with Crippen molar-refractivity contribution in [1.29, 1.82) is 0 Å². The van der Waals surface area contributed by atoms with E-state index in [1.165, 1.54) is 57.8 Å². The number of carbonyl (C=O) groups excluding carboxylic acids is 1.